The van der Waals surface area contributed by atoms with Gasteiger partial charge in [-0.1, -0.05) is 0 Å². The smallest absolute Gasteiger partial charge is 0.351 e. The molecule has 0 aliphatic carbocycles. The molecular formula is C20H16F3N5O. The third-order valence-corrected chi connectivity index (χ3v) is 4.81. The van der Waals surface area contributed by atoms with E-state index in [1.54, 1.807) is 16.9 Å². The zero-order valence-electron chi connectivity index (χ0n) is 15.1. The highest BCUT2D eigenvalue weighted by atomic mass is 19.4. The Labute approximate surface area is 164 Å². The number of carbonyl (C=O) groups is 1. The molecule has 0 radical (unpaired) electrons. The van der Waals surface area contributed by atoms with Gasteiger partial charge < -0.3 is 10.2 Å². The number of fused-ring (bicyclic) bond motifs is 1. The molecule has 1 atom stereocenters. The Morgan fingerprint density at radius 3 is 2.69 bits per heavy atom. The van der Waals surface area contributed by atoms with Gasteiger partial charge in [0.15, 0.2) is 5.82 Å². The van der Waals surface area contributed by atoms with E-state index >= 15 is 0 Å². The molecule has 4 rings (SSSR count). The van der Waals surface area contributed by atoms with Crippen molar-refractivity contribution < 1.29 is 18.0 Å². The van der Waals surface area contributed by atoms with Crippen LogP contribution in [0.25, 0.3) is 16.7 Å². The van der Waals surface area contributed by atoms with Gasteiger partial charge in [-0.3, -0.25) is 9.78 Å². The first-order valence-electron chi connectivity index (χ1n) is 8.90. The van der Waals surface area contributed by atoms with Crippen molar-refractivity contribution in [2.45, 2.75) is 18.6 Å². The molecule has 1 aromatic carbocycles. The number of carbonyl (C=O) groups excluding carboxylic acids is 1. The molecule has 3 aromatic rings. The van der Waals surface area contributed by atoms with Crippen LogP contribution in [0.1, 0.15) is 12.0 Å². The largest absolute Gasteiger partial charge is 0.416 e. The molecule has 148 valence electrons. The van der Waals surface area contributed by atoms with Crippen molar-refractivity contribution in [3.05, 3.63) is 48.2 Å². The van der Waals surface area contributed by atoms with Crippen molar-refractivity contribution >= 4 is 22.8 Å². The maximum atomic E-state index is 12.9. The minimum absolute atomic E-state index is 0.103. The second-order valence-electron chi connectivity index (χ2n) is 6.70. The number of aromatic nitrogens is 3. The van der Waals surface area contributed by atoms with E-state index in [9.17, 15) is 18.0 Å². The molecule has 1 N–H and O–H groups in total. The zero-order chi connectivity index (χ0) is 20.6. The number of rotatable bonds is 3. The molecule has 1 aliphatic rings. The summed E-state index contributed by atoms with van der Waals surface area (Å²) in [5.41, 5.74) is 1.09. The molecule has 1 fully saturated rings. The van der Waals surface area contributed by atoms with E-state index in [2.05, 4.69) is 15.4 Å². The quantitative estimate of drug-likeness (QED) is 0.688. The van der Waals surface area contributed by atoms with E-state index < -0.39 is 17.6 Å². The number of terminal acetylenes is 1. The van der Waals surface area contributed by atoms with E-state index in [1.807, 2.05) is 16.9 Å². The van der Waals surface area contributed by atoms with Crippen molar-refractivity contribution in [1.82, 2.24) is 20.1 Å². The van der Waals surface area contributed by atoms with Gasteiger partial charge in [-0.15, -0.1) is 11.5 Å². The number of anilines is 1. The Hall–Kier alpha value is -3.54. The highest BCUT2D eigenvalue weighted by Gasteiger charge is 2.31. The van der Waals surface area contributed by atoms with E-state index in [1.165, 1.54) is 12.1 Å². The minimum Gasteiger partial charge on any atom is -0.351 e. The third kappa shape index (κ3) is 3.61. The van der Waals surface area contributed by atoms with Gasteiger partial charge in [0.05, 0.1) is 16.8 Å². The summed E-state index contributed by atoms with van der Waals surface area (Å²) in [4.78, 5) is 17.8. The molecule has 0 spiro atoms. The lowest BCUT2D eigenvalue weighted by atomic mass is 10.2. The Morgan fingerprint density at radius 2 is 2.00 bits per heavy atom. The number of halogens is 3. The summed E-state index contributed by atoms with van der Waals surface area (Å²) in [6.07, 6.45) is 3.05. The second-order valence-corrected chi connectivity index (χ2v) is 6.70. The zero-order valence-corrected chi connectivity index (χ0v) is 15.1. The number of alkyl halides is 3. The van der Waals surface area contributed by atoms with E-state index in [0.717, 1.165) is 12.1 Å². The predicted octanol–water partition coefficient (Wildman–Crippen LogP) is 2.77. The average Bonchev–Trinajstić information content (AvgIpc) is 3.32. The second kappa shape index (κ2) is 7.13. The Kier molecular flexibility index (Phi) is 4.62. The number of nitrogens with one attached hydrogen (secondary N) is 1. The summed E-state index contributed by atoms with van der Waals surface area (Å²) in [6, 6.07) is 8.27. The third-order valence-electron chi connectivity index (χ3n) is 4.81. The van der Waals surface area contributed by atoms with Crippen molar-refractivity contribution in [2.24, 2.45) is 0 Å². The molecule has 2 aromatic heterocycles. The molecular weight excluding hydrogens is 383 g/mol. The molecule has 1 aliphatic heterocycles. The SMILES string of the molecule is C#CC(=O)NC1CCN(c2nn(-c3ccc(C(F)(F)F)cc3)c3cccnc23)C1. The van der Waals surface area contributed by atoms with Crippen LogP contribution in [0.5, 0.6) is 0 Å². The number of amides is 1. The van der Waals surface area contributed by atoms with Gasteiger partial charge in [-0.25, -0.2) is 4.68 Å². The topological polar surface area (TPSA) is 63.1 Å². The number of hydrogen-bond acceptors (Lipinski definition) is 4. The van der Waals surface area contributed by atoms with Gasteiger partial charge in [-0.05, 0) is 48.7 Å². The first-order valence-corrected chi connectivity index (χ1v) is 8.90. The summed E-state index contributed by atoms with van der Waals surface area (Å²) < 4.78 is 40.1. The molecule has 0 bridgehead atoms. The molecule has 9 heteroatoms. The molecule has 1 saturated heterocycles. The Balaban J connectivity index is 1.68. The maximum absolute atomic E-state index is 12.9. The lowest BCUT2D eigenvalue weighted by molar-refractivity contribution is -0.137. The van der Waals surface area contributed by atoms with Crippen LogP contribution in [0.2, 0.25) is 0 Å². The van der Waals surface area contributed by atoms with Crippen LogP contribution in [-0.2, 0) is 11.0 Å². The normalized spacial score (nSPS) is 16.8. The summed E-state index contributed by atoms with van der Waals surface area (Å²) >= 11 is 0. The van der Waals surface area contributed by atoms with Gasteiger partial charge in [0, 0.05) is 25.3 Å². The number of pyridine rings is 1. The molecule has 1 unspecified atom stereocenters. The van der Waals surface area contributed by atoms with Crippen LogP contribution >= 0.6 is 0 Å². The van der Waals surface area contributed by atoms with E-state index in [0.29, 0.717) is 42.0 Å². The number of benzene rings is 1. The summed E-state index contributed by atoms with van der Waals surface area (Å²) in [7, 11) is 0. The standard InChI is InChI=1S/C20H16F3N5O/c1-2-17(29)25-14-9-11-27(12-14)19-18-16(4-3-10-24-18)28(26-19)15-7-5-13(6-8-15)20(21,22)23/h1,3-8,10,14H,9,11-12H2,(H,25,29). The van der Waals surface area contributed by atoms with Crippen LogP contribution < -0.4 is 10.2 Å². The Morgan fingerprint density at radius 1 is 1.24 bits per heavy atom. The number of hydrogen-bond donors (Lipinski definition) is 1. The van der Waals surface area contributed by atoms with Gasteiger partial charge in [-0.2, -0.15) is 13.2 Å². The summed E-state index contributed by atoms with van der Waals surface area (Å²) in [5.74, 6) is 2.18. The van der Waals surface area contributed by atoms with Crippen molar-refractivity contribution in [2.75, 3.05) is 18.0 Å². The predicted molar refractivity (Wildman–Crippen MR) is 101 cm³/mol. The van der Waals surface area contributed by atoms with Crippen molar-refractivity contribution in [1.29, 1.82) is 0 Å². The van der Waals surface area contributed by atoms with Crippen LogP contribution in [-0.4, -0.2) is 39.8 Å². The fourth-order valence-corrected chi connectivity index (χ4v) is 3.43. The molecule has 3 heterocycles. The highest BCUT2D eigenvalue weighted by Crippen LogP contribution is 2.32. The molecule has 29 heavy (non-hydrogen) atoms. The fraction of sp³-hybridized carbons (Fsp3) is 0.250. The highest BCUT2D eigenvalue weighted by molar-refractivity contribution is 5.93. The van der Waals surface area contributed by atoms with Crippen LogP contribution in [0.15, 0.2) is 42.6 Å². The van der Waals surface area contributed by atoms with Crippen molar-refractivity contribution in [3.63, 3.8) is 0 Å². The maximum Gasteiger partial charge on any atom is 0.416 e. The van der Waals surface area contributed by atoms with Crippen LogP contribution in [0, 0.1) is 12.3 Å². The summed E-state index contributed by atoms with van der Waals surface area (Å²) in [5, 5.41) is 7.37. The fourth-order valence-electron chi connectivity index (χ4n) is 3.43. The Bertz CT molecular complexity index is 1100. The molecule has 0 saturated carbocycles. The first-order chi connectivity index (χ1) is 13.9. The van der Waals surface area contributed by atoms with Crippen LogP contribution in [0.4, 0.5) is 19.0 Å². The van der Waals surface area contributed by atoms with E-state index in [-0.39, 0.29) is 6.04 Å². The van der Waals surface area contributed by atoms with Gasteiger partial charge in [0.25, 0.3) is 5.91 Å². The van der Waals surface area contributed by atoms with E-state index in [4.69, 9.17) is 6.42 Å². The monoisotopic (exact) mass is 399 g/mol. The van der Waals surface area contributed by atoms with Crippen LogP contribution in [0.3, 0.4) is 0 Å². The first kappa shape index (κ1) is 18.8. The summed E-state index contributed by atoms with van der Waals surface area (Å²) in [6.45, 7) is 1.16. The number of nitrogens with zero attached hydrogens (tertiary/aromatic N) is 4. The van der Waals surface area contributed by atoms with Gasteiger partial charge in [0.1, 0.15) is 5.52 Å². The average molecular weight is 399 g/mol. The molecule has 1 amide bonds. The van der Waals surface area contributed by atoms with Gasteiger partial charge in [0.2, 0.25) is 0 Å². The van der Waals surface area contributed by atoms with Gasteiger partial charge >= 0.3 is 6.18 Å². The lowest BCUT2D eigenvalue weighted by Crippen LogP contribution is -2.36. The molecule has 6 nitrogen and oxygen atoms in total. The minimum atomic E-state index is -4.40. The lowest BCUT2D eigenvalue weighted by Gasteiger charge is -2.15. The van der Waals surface area contributed by atoms with Crippen molar-refractivity contribution in [3.8, 4) is 18.0 Å².